The van der Waals surface area contributed by atoms with Crippen LogP contribution in [0, 0.1) is 5.82 Å². The Kier molecular flexibility index (Phi) is 6.01. The van der Waals surface area contributed by atoms with Gasteiger partial charge in [0.25, 0.3) is 11.8 Å². The summed E-state index contributed by atoms with van der Waals surface area (Å²) in [6.07, 6.45) is -3.20. The predicted molar refractivity (Wildman–Crippen MR) is 116 cm³/mol. The van der Waals surface area contributed by atoms with Crippen molar-refractivity contribution >= 4 is 29.4 Å². The molecule has 0 unspecified atom stereocenters. The number of benzene rings is 2. The molecule has 3 aromatic rings. The van der Waals surface area contributed by atoms with Gasteiger partial charge in [0.1, 0.15) is 5.82 Å². The predicted octanol–water partition coefficient (Wildman–Crippen LogP) is 3.36. The number of nitrogens with one attached hydrogen (secondary N) is 3. The summed E-state index contributed by atoms with van der Waals surface area (Å²) in [4.78, 5) is 37.6. The lowest BCUT2D eigenvalue weighted by atomic mass is 9.94. The van der Waals surface area contributed by atoms with Crippen LogP contribution in [0.4, 0.5) is 22.4 Å². The molecule has 35 heavy (non-hydrogen) atoms. The summed E-state index contributed by atoms with van der Waals surface area (Å²) < 4.78 is 55.1. The monoisotopic (exact) mass is 509 g/mol. The maximum Gasteiger partial charge on any atom is 0.416 e. The Labute approximate surface area is 200 Å². The van der Waals surface area contributed by atoms with Gasteiger partial charge in [0, 0.05) is 18.8 Å². The van der Waals surface area contributed by atoms with Crippen LogP contribution >= 0.6 is 11.6 Å². The van der Waals surface area contributed by atoms with Crippen LogP contribution in [0.25, 0.3) is 11.1 Å². The zero-order valence-corrected chi connectivity index (χ0v) is 18.6. The fourth-order valence-electron chi connectivity index (χ4n) is 3.84. The normalized spacial score (nSPS) is 17.8. The Hall–Kier alpha value is -3.93. The molecule has 1 aliphatic heterocycles. The zero-order valence-electron chi connectivity index (χ0n) is 17.8. The second kappa shape index (κ2) is 8.69. The third-order valence-electron chi connectivity index (χ3n) is 5.55. The molecule has 2 aromatic carbocycles. The third kappa shape index (κ3) is 4.32. The van der Waals surface area contributed by atoms with Crippen molar-refractivity contribution < 1.29 is 31.9 Å². The van der Waals surface area contributed by atoms with Gasteiger partial charge in [-0.2, -0.15) is 18.3 Å². The number of imide groups is 1. The first kappa shape index (κ1) is 24.2. The summed E-state index contributed by atoms with van der Waals surface area (Å²) in [5.74, 6) is -2.60. The van der Waals surface area contributed by atoms with E-state index in [2.05, 4.69) is 21.0 Å². The molecule has 4 rings (SSSR count). The van der Waals surface area contributed by atoms with Crippen LogP contribution < -0.4 is 16.0 Å². The highest BCUT2D eigenvalue weighted by Gasteiger charge is 2.50. The van der Waals surface area contributed by atoms with E-state index in [4.69, 9.17) is 11.6 Å². The number of alkyl halides is 3. The number of aryl methyl sites for hydroxylation is 1. The van der Waals surface area contributed by atoms with E-state index >= 15 is 0 Å². The fourth-order valence-corrected chi connectivity index (χ4v) is 3.99. The Morgan fingerprint density at radius 1 is 1.14 bits per heavy atom. The van der Waals surface area contributed by atoms with Crippen LogP contribution in [0.2, 0.25) is 5.02 Å². The zero-order chi connectivity index (χ0) is 25.5. The molecule has 1 aliphatic rings. The Morgan fingerprint density at radius 2 is 1.83 bits per heavy atom. The minimum atomic E-state index is -4.60. The molecular weight excluding hydrogens is 494 g/mol. The quantitative estimate of drug-likeness (QED) is 0.362. The van der Waals surface area contributed by atoms with Crippen molar-refractivity contribution in [3.63, 3.8) is 0 Å². The topological polar surface area (TPSA) is 105 Å². The molecule has 182 valence electrons. The van der Waals surface area contributed by atoms with Gasteiger partial charge in [-0.25, -0.2) is 9.18 Å². The van der Waals surface area contributed by atoms with Crippen LogP contribution in [0.1, 0.15) is 21.6 Å². The molecule has 2 heterocycles. The maximum absolute atomic E-state index is 15.0. The first-order valence-corrected chi connectivity index (χ1v) is 10.4. The SMILES string of the molecule is Cn1nccc1[C@]1(CNC(=O)c2ccc(Cl)c(F)c2-c2ccc(C(F)(F)F)cc2)NC(=O)NC1=O. The molecule has 1 saturated heterocycles. The van der Waals surface area contributed by atoms with E-state index < -0.39 is 47.5 Å². The van der Waals surface area contributed by atoms with Crippen molar-refractivity contribution in [2.45, 2.75) is 11.7 Å². The number of rotatable bonds is 5. The molecule has 13 heteroatoms. The van der Waals surface area contributed by atoms with Crippen LogP contribution in [-0.4, -0.2) is 34.2 Å². The summed E-state index contributed by atoms with van der Waals surface area (Å²) >= 11 is 5.87. The van der Waals surface area contributed by atoms with Gasteiger partial charge >= 0.3 is 12.2 Å². The van der Waals surface area contributed by atoms with Crippen LogP contribution in [0.15, 0.2) is 48.7 Å². The van der Waals surface area contributed by atoms with Crippen molar-refractivity contribution in [1.82, 2.24) is 25.7 Å². The van der Waals surface area contributed by atoms with E-state index in [1.807, 2.05) is 0 Å². The molecule has 0 aliphatic carbocycles. The average Bonchev–Trinajstić information content (AvgIpc) is 3.35. The second-order valence-electron chi connectivity index (χ2n) is 7.70. The van der Waals surface area contributed by atoms with Gasteiger partial charge in [0.15, 0.2) is 5.54 Å². The van der Waals surface area contributed by atoms with E-state index in [0.717, 1.165) is 30.3 Å². The van der Waals surface area contributed by atoms with Crippen LogP contribution in [0.3, 0.4) is 0 Å². The largest absolute Gasteiger partial charge is 0.416 e. The highest BCUT2D eigenvalue weighted by Crippen LogP contribution is 2.35. The minimum Gasteiger partial charge on any atom is -0.349 e. The van der Waals surface area contributed by atoms with Crippen molar-refractivity contribution in [1.29, 1.82) is 0 Å². The number of nitrogens with zero attached hydrogens (tertiary/aromatic N) is 2. The number of hydrogen-bond donors (Lipinski definition) is 3. The number of urea groups is 1. The number of halogens is 5. The lowest BCUT2D eigenvalue weighted by molar-refractivity contribution is -0.137. The maximum atomic E-state index is 15.0. The fraction of sp³-hybridized carbons (Fsp3) is 0.182. The molecule has 1 atom stereocenters. The Bertz CT molecular complexity index is 1340. The lowest BCUT2D eigenvalue weighted by Crippen LogP contribution is -2.53. The smallest absolute Gasteiger partial charge is 0.349 e. The molecule has 1 fully saturated rings. The van der Waals surface area contributed by atoms with Gasteiger partial charge < -0.3 is 10.6 Å². The standard InChI is InChI=1S/C22H16ClF4N5O3/c1-32-15(8-9-29-32)21(19(34)30-20(35)31-21)10-28-18(33)13-6-7-14(23)17(24)16(13)11-2-4-12(5-3-11)22(25,26)27/h2-9H,10H2,1H3,(H,28,33)(H2,30,31,34,35)/t21-/m0/s1. The molecular formula is C22H16ClF4N5O3. The van der Waals surface area contributed by atoms with Crippen molar-refractivity contribution in [2.75, 3.05) is 6.54 Å². The van der Waals surface area contributed by atoms with E-state index in [9.17, 15) is 31.9 Å². The summed E-state index contributed by atoms with van der Waals surface area (Å²) in [7, 11) is 1.54. The average molecular weight is 510 g/mol. The third-order valence-corrected chi connectivity index (χ3v) is 5.85. The molecule has 0 bridgehead atoms. The van der Waals surface area contributed by atoms with Crippen molar-refractivity contribution in [3.8, 4) is 11.1 Å². The molecule has 0 spiro atoms. The van der Waals surface area contributed by atoms with Gasteiger partial charge in [-0.15, -0.1) is 0 Å². The second-order valence-corrected chi connectivity index (χ2v) is 8.10. The van der Waals surface area contributed by atoms with E-state index in [1.165, 1.54) is 30.1 Å². The molecule has 0 saturated carbocycles. The first-order valence-electron chi connectivity index (χ1n) is 10.00. The number of aromatic nitrogens is 2. The van der Waals surface area contributed by atoms with Crippen LogP contribution in [-0.2, 0) is 23.6 Å². The van der Waals surface area contributed by atoms with Gasteiger partial charge in [0.05, 0.1) is 28.4 Å². The summed E-state index contributed by atoms with van der Waals surface area (Å²) in [5.41, 5.74) is -2.95. The van der Waals surface area contributed by atoms with E-state index in [-0.39, 0.29) is 27.4 Å². The van der Waals surface area contributed by atoms with Crippen molar-refractivity contribution in [2.24, 2.45) is 7.05 Å². The highest BCUT2D eigenvalue weighted by molar-refractivity contribution is 6.31. The van der Waals surface area contributed by atoms with Crippen LogP contribution in [0.5, 0.6) is 0 Å². The Balaban J connectivity index is 1.69. The summed E-state index contributed by atoms with van der Waals surface area (Å²) in [6, 6.07) is 6.59. The Morgan fingerprint density at radius 3 is 2.37 bits per heavy atom. The lowest BCUT2D eigenvalue weighted by Gasteiger charge is -2.26. The number of carbonyl (C=O) groups excluding carboxylic acids is 3. The molecule has 1 aromatic heterocycles. The minimum absolute atomic E-state index is 0.0172. The number of amides is 4. The molecule has 3 N–H and O–H groups in total. The molecule has 8 nitrogen and oxygen atoms in total. The first-order chi connectivity index (χ1) is 16.4. The van der Waals surface area contributed by atoms with Crippen molar-refractivity contribution in [3.05, 3.63) is 76.3 Å². The molecule has 4 amide bonds. The van der Waals surface area contributed by atoms with Gasteiger partial charge in [-0.1, -0.05) is 23.7 Å². The van der Waals surface area contributed by atoms with E-state index in [1.54, 1.807) is 0 Å². The number of carbonyl (C=O) groups is 3. The summed E-state index contributed by atoms with van der Waals surface area (Å²) in [6.45, 7) is -0.431. The molecule has 0 radical (unpaired) electrons. The highest BCUT2D eigenvalue weighted by atomic mass is 35.5. The van der Waals surface area contributed by atoms with Gasteiger partial charge in [0.2, 0.25) is 0 Å². The van der Waals surface area contributed by atoms with Gasteiger partial charge in [-0.3, -0.25) is 19.6 Å². The summed E-state index contributed by atoms with van der Waals surface area (Å²) in [5, 5.41) is 10.7. The van der Waals surface area contributed by atoms with Gasteiger partial charge in [-0.05, 0) is 35.9 Å². The number of hydrogen-bond acceptors (Lipinski definition) is 4. The van der Waals surface area contributed by atoms with E-state index in [0.29, 0.717) is 0 Å².